The Hall–Kier alpha value is -0.580. The lowest BCUT2D eigenvalue weighted by Gasteiger charge is -2.39. The Labute approximate surface area is 193 Å². The molecule has 0 aromatic heterocycles. The first-order chi connectivity index (χ1) is 15.4. The maximum atomic E-state index is 10.2. The first kappa shape index (κ1) is 29.5. The number of aliphatic hydroxyl groups excluding tert-OH is 5. The molecule has 0 saturated carbocycles. The Morgan fingerprint density at radius 1 is 0.875 bits per heavy atom. The molecule has 190 valence electrons. The van der Waals surface area contributed by atoms with Gasteiger partial charge in [-0.2, -0.15) is 0 Å². The first-order valence-corrected chi connectivity index (χ1v) is 12.4. The van der Waals surface area contributed by atoms with Crippen LogP contribution < -0.4 is 5.73 Å². The minimum atomic E-state index is -1.50. The summed E-state index contributed by atoms with van der Waals surface area (Å²) in [5.74, 6) is 0. The Balaban J connectivity index is 2.10. The number of rotatable bonds is 18. The Bertz CT molecular complexity index is 477. The van der Waals surface area contributed by atoms with Crippen molar-refractivity contribution in [3.05, 3.63) is 12.2 Å². The molecule has 7 N–H and O–H groups in total. The number of allylic oxidation sites excluding steroid dienone is 1. The number of hydrogen-bond donors (Lipinski definition) is 6. The van der Waals surface area contributed by atoms with Crippen molar-refractivity contribution in [1.82, 2.24) is 0 Å². The molecule has 0 unspecified atom stereocenters. The van der Waals surface area contributed by atoms with Gasteiger partial charge < -0.3 is 40.7 Å². The molecule has 0 radical (unpaired) electrons. The molecule has 0 spiro atoms. The molecule has 0 aromatic carbocycles. The van der Waals surface area contributed by atoms with Crippen LogP contribution >= 0.6 is 0 Å². The maximum absolute atomic E-state index is 10.2. The van der Waals surface area contributed by atoms with E-state index in [9.17, 15) is 25.5 Å². The lowest BCUT2D eigenvalue weighted by Crippen LogP contribution is -2.59. The van der Waals surface area contributed by atoms with Crippen molar-refractivity contribution in [3.63, 3.8) is 0 Å². The highest BCUT2D eigenvalue weighted by Gasteiger charge is 2.44. The molecule has 7 atom stereocenters. The van der Waals surface area contributed by atoms with Crippen molar-refractivity contribution in [2.45, 2.75) is 127 Å². The number of hydrogen-bond acceptors (Lipinski definition) is 8. The van der Waals surface area contributed by atoms with Crippen LogP contribution in [0.25, 0.3) is 0 Å². The predicted octanol–water partition coefficient (Wildman–Crippen LogP) is 1.75. The Kier molecular flexibility index (Phi) is 16.4. The molecular weight excluding hydrogens is 414 g/mol. The zero-order valence-electron chi connectivity index (χ0n) is 19.7. The summed E-state index contributed by atoms with van der Waals surface area (Å²) in [5.41, 5.74) is 5.93. The summed E-state index contributed by atoms with van der Waals surface area (Å²) in [6.45, 7) is 1.60. The molecule has 8 nitrogen and oxygen atoms in total. The second-order valence-corrected chi connectivity index (χ2v) is 8.94. The monoisotopic (exact) mass is 461 g/mol. The van der Waals surface area contributed by atoms with E-state index in [4.69, 9.17) is 15.2 Å². The van der Waals surface area contributed by atoms with E-state index in [0.29, 0.717) is 0 Å². The van der Waals surface area contributed by atoms with Crippen LogP contribution in [0.3, 0.4) is 0 Å². The minimum Gasteiger partial charge on any atom is -0.394 e. The zero-order valence-corrected chi connectivity index (χ0v) is 19.7. The van der Waals surface area contributed by atoms with E-state index in [1.165, 1.54) is 64.2 Å². The molecule has 1 saturated heterocycles. The molecule has 1 heterocycles. The Morgan fingerprint density at radius 2 is 1.44 bits per heavy atom. The summed E-state index contributed by atoms with van der Waals surface area (Å²) >= 11 is 0. The van der Waals surface area contributed by atoms with Gasteiger partial charge >= 0.3 is 0 Å². The maximum Gasteiger partial charge on any atom is 0.186 e. The molecule has 1 aliphatic heterocycles. The third-order valence-electron chi connectivity index (χ3n) is 6.05. The fourth-order valence-electron chi connectivity index (χ4n) is 3.81. The lowest BCUT2D eigenvalue weighted by molar-refractivity contribution is -0.302. The highest BCUT2D eigenvalue weighted by Crippen LogP contribution is 2.22. The number of nitrogens with two attached hydrogens (primary N) is 1. The van der Waals surface area contributed by atoms with Gasteiger partial charge in [-0.3, -0.25) is 0 Å². The van der Waals surface area contributed by atoms with Crippen molar-refractivity contribution in [2.24, 2.45) is 5.73 Å². The third-order valence-corrected chi connectivity index (χ3v) is 6.05. The molecular formula is C24H47NO7. The third kappa shape index (κ3) is 11.5. The van der Waals surface area contributed by atoms with Gasteiger partial charge in [-0.25, -0.2) is 0 Å². The average Bonchev–Trinajstić information content (AvgIpc) is 2.79. The summed E-state index contributed by atoms with van der Waals surface area (Å²) in [6, 6.07) is -0.740. The highest BCUT2D eigenvalue weighted by molar-refractivity contribution is 4.94. The SMILES string of the molecule is CCCCCCCCCCCCC/C=C/[C@@H](O)[C@H](N)CO[C@@H]1O[C@H](CO)[C@H](O)[C@H](O)[C@H]1O. The van der Waals surface area contributed by atoms with Crippen LogP contribution in [0.15, 0.2) is 12.2 Å². The van der Waals surface area contributed by atoms with E-state index in [1.54, 1.807) is 6.08 Å². The van der Waals surface area contributed by atoms with Gasteiger partial charge in [0, 0.05) is 0 Å². The van der Waals surface area contributed by atoms with Crippen molar-refractivity contribution in [1.29, 1.82) is 0 Å². The summed E-state index contributed by atoms with van der Waals surface area (Å²) in [6.07, 6.45) is 11.1. The van der Waals surface area contributed by atoms with Crippen molar-refractivity contribution < 1.29 is 35.0 Å². The molecule has 0 bridgehead atoms. The van der Waals surface area contributed by atoms with Crippen LogP contribution in [0.4, 0.5) is 0 Å². The standard InChI is InChI=1S/C24H47NO7/c1-2-3-4-5-6-7-8-9-10-11-12-13-14-15-19(27)18(25)17-31-24-23(30)22(29)21(28)20(16-26)32-24/h14-15,18-24,26-30H,2-13,16-17,25H2,1H3/b15-14+/t18-,19-,20-,21+,22+,23-,24-/m1/s1. The second kappa shape index (κ2) is 17.8. The molecule has 0 aromatic rings. The fourth-order valence-corrected chi connectivity index (χ4v) is 3.81. The Morgan fingerprint density at radius 3 is 2.00 bits per heavy atom. The smallest absolute Gasteiger partial charge is 0.186 e. The molecule has 0 aliphatic carbocycles. The van der Waals surface area contributed by atoms with Gasteiger partial charge in [0.1, 0.15) is 24.4 Å². The zero-order chi connectivity index (χ0) is 23.8. The van der Waals surface area contributed by atoms with E-state index in [-0.39, 0.29) is 6.61 Å². The number of aliphatic hydroxyl groups is 5. The topological polar surface area (TPSA) is 146 Å². The highest BCUT2D eigenvalue weighted by atomic mass is 16.7. The quantitative estimate of drug-likeness (QED) is 0.134. The molecule has 1 rings (SSSR count). The van der Waals surface area contributed by atoms with Gasteiger partial charge in [-0.1, -0.05) is 83.3 Å². The van der Waals surface area contributed by atoms with Crippen LogP contribution in [-0.2, 0) is 9.47 Å². The molecule has 0 amide bonds. The van der Waals surface area contributed by atoms with Crippen LogP contribution in [0.2, 0.25) is 0 Å². The predicted molar refractivity (Wildman–Crippen MR) is 124 cm³/mol. The van der Waals surface area contributed by atoms with E-state index < -0.39 is 49.5 Å². The van der Waals surface area contributed by atoms with E-state index in [1.807, 2.05) is 6.08 Å². The fraction of sp³-hybridized carbons (Fsp3) is 0.917. The van der Waals surface area contributed by atoms with Gasteiger partial charge in [0.2, 0.25) is 0 Å². The minimum absolute atomic E-state index is 0.118. The van der Waals surface area contributed by atoms with Gasteiger partial charge in [-0.05, 0) is 12.8 Å². The number of unbranched alkanes of at least 4 members (excludes halogenated alkanes) is 11. The average molecular weight is 462 g/mol. The van der Waals surface area contributed by atoms with Crippen LogP contribution in [0.5, 0.6) is 0 Å². The van der Waals surface area contributed by atoms with E-state index in [2.05, 4.69) is 6.92 Å². The molecule has 1 fully saturated rings. The van der Waals surface area contributed by atoms with Crippen LogP contribution in [0.1, 0.15) is 84.0 Å². The van der Waals surface area contributed by atoms with Gasteiger partial charge in [0.15, 0.2) is 6.29 Å². The van der Waals surface area contributed by atoms with Crippen LogP contribution in [0, 0.1) is 0 Å². The van der Waals surface area contributed by atoms with E-state index in [0.717, 1.165) is 12.8 Å². The summed E-state index contributed by atoms with van der Waals surface area (Å²) in [5, 5.41) is 48.8. The summed E-state index contributed by atoms with van der Waals surface area (Å²) in [7, 11) is 0. The first-order valence-electron chi connectivity index (χ1n) is 12.4. The normalized spacial score (nSPS) is 28.3. The van der Waals surface area contributed by atoms with Crippen molar-refractivity contribution >= 4 is 0 Å². The summed E-state index contributed by atoms with van der Waals surface area (Å²) < 4.78 is 10.6. The van der Waals surface area contributed by atoms with Gasteiger partial charge in [0.25, 0.3) is 0 Å². The molecule has 1 aliphatic rings. The van der Waals surface area contributed by atoms with Gasteiger partial charge in [-0.15, -0.1) is 0 Å². The largest absolute Gasteiger partial charge is 0.394 e. The van der Waals surface area contributed by atoms with Crippen LogP contribution in [-0.4, -0.2) is 81.6 Å². The second-order valence-electron chi connectivity index (χ2n) is 8.94. The van der Waals surface area contributed by atoms with Crippen molar-refractivity contribution in [2.75, 3.05) is 13.2 Å². The number of ether oxygens (including phenoxy) is 2. The van der Waals surface area contributed by atoms with Crippen molar-refractivity contribution in [3.8, 4) is 0 Å². The lowest BCUT2D eigenvalue weighted by atomic mass is 9.99. The molecule has 8 heteroatoms. The van der Waals surface area contributed by atoms with E-state index >= 15 is 0 Å². The molecule has 32 heavy (non-hydrogen) atoms. The van der Waals surface area contributed by atoms with Gasteiger partial charge in [0.05, 0.1) is 25.4 Å². The summed E-state index contributed by atoms with van der Waals surface area (Å²) in [4.78, 5) is 0.